The van der Waals surface area contributed by atoms with Gasteiger partial charge in [0.25, 0.3) is 5.91 Å². The van der Waals surface area contributed by atoms with E-state index < -0.39 is 0 Å². The minimum Gasteiger partial charge on any atom is -0.396 e. The van der Waals surface area contributed by atoms with Crippen LogP contribution in [0.3, 0.4) is 0 Å². The normalized spacial score (nSPS) is 18.6. The van der Waals surface area contributed by atoms with Crippen LogP contribution in [0.2, 0.25) is 0 Å². The average Bonchev–Trinajstić information content (AvgIpc) is 3.20. The Hall–Kier alpha value is -1.73. The molecule has 6 nitrogen and oxygen atoms in total. The van der Waals surface area contributed by atoms with Gasteiger partial charge in [-0.15, -0.1) is 16.4 Å². The van der Waals surface area contributed by atoms with Gasteiger partial charge in [0.2, 0.25) is 0 Å². The van der Waals surface area contributed by atoms with Gasteiger partial charge in [0.15, 0.2) is 5.69 Å². The smallest absolute Gasteiger partial charge is 0.276 e. The number of hydrogen-bond donors (Lipinski definition) is 1. The molecule has 1 saturated heterocycles. The van der Waals surface area contributed by atoms with Crippen LogP contribution in [0.5, 0.6) is 0 Å². The van der Waals surface area contributed by atoms with E-state index in [9.17, 15) is 4.79 Å². The first kappa shape index (κ1) is 15.2. The van der Waals surface area contributed by atoms with Crippen molar-refractivity contribution in [2.24, 2.45) is 0 Å². The number of thiophene rings is 1. The maximum absolute atomic E-state index is 12.6. The number of likely N-dealkylation sites (tertiary alicyclic amines) is 1. The molecule has 1 atom stereocenters. The van der Waals surface area contributed by atoms with Gasteiger partial charge in [-0.05, 0) is 37.1 Å². The Labute approximate surface area is 133 Å². The predicted molar refractivity (Wildman–Crippen MR) is 83.8 cm³/mol. The minimum atomic E-state index is -0.0735. The van der Waals surface area contributed by atoms with Crippen molar-refractivity contribution >= 4 is 17.2 Å². The molecule has 3 rings (SSSR count). The summed E-state index contributed by atoms with van der Waals surface area (Å²) < 4.78 is 1.70. The molecular weight excluding hydrogens is 300 g/mol. The Bertz CT molecular complexity index is 609. The summed E-state index contributed by atoms with van der Waals surface area (Å²) in [5, 5.41) is 19.3. The Morgan fingerprint density at radius 2 is 2.36 bits per heavy atom. The van der Waals surface area contributed by atoms with Crippen LogP contribution in [0.25, 0.3) is 0 Å². The first-order valence-electron chi connectivity index (χ1n) is 7.62. The standard InChI is InChI=1S/C15H20N4O2S/c20-8-6-12-4-1-2-7-19(12)15(21)14-11-18(17-16-14)10-13-5-3-9-22-13/h3,5,9,11-12,20H,1-2,4,6-8,10H2. The molecule has 0 spiro atoms. The van der Waals surface area contributed by atoms with E-state index in [1.54, 1.807) is 22.2 Å². The number of aliphatic hydroxyl groups is 1. The molecule has 7 heteroatoms. The van der Waals surface area contributed by atoms with Crippen LogP contribution in [0.4, 0.5) is 0 Å². The van der Waals surface area contributed by atoms with Crippen LogP contribution in [-0.4, -0.2) is 50.1 Å². The van der Waals surface area contributed by atoms with Gasteiger partial charge in [0.05, 0.1) is 12.7 Å². The molecule has 0 radical (unpaired) electrons. The summed E-state index contributed by atoms with van der Waals surface area (Å²) in [6.07, 6.45) is 5.42. The second-order valence-electron chi connectivity index (χ2n) is 5.54. The van der Waals surface area contributed by atoms with Gasteiger partial charge in [-0.25, -0.2) is 4.68 Å². The highest BCUT2D eigenvalue weighted by molar-refractivity contribution is 7.09. The second kappa shape index (κ2) is 7.02. The van der Waals surface area contributed by atoms with E-state index >= 15 is 0 Å². The fourth-order valence-corrected chi connectivity index (χ4v) is 3.60. The summed E-state index contributed by atoms with van der Waals surface area (Å²) in [6, 6.07) is 4.15. The van der Waals surface area contributed by atoms with Crippen molar-refractivity contribution in [1.82, 2.24) is 19.9 Å². The number of amides is 1. The maximum atomic E-state index is 12.6. The molecule has 1 aliphatic rings. The zero-order valence-corrected chi connectivity index (χ0v) is 13.2. The van der Waals surface area contributed by atoms with Crippen molar-refractivity contribution in [2.75, 3.05) is 13.2 Å². The molecule has 0 bridgehead atoms. The zero-order chi connectivity index (χ0) is 15.4. The number of rotatable bonds is 5. The highest BCUT2D eigenvalue weighted by atomic mass is 32.1. The van der Waals surface area contributed by atoms with E-state index in [4.69, 9.17) is 5.11 Å². The quantitative estimate of drug-likeness (QED) is 0.911. The lowest BCUT2D eigenvalue weighted by atomic mass is 9.99. The monoisotopic (exact) mass is 320 g/mol. The first-order valence-corrected chi connectivity index (χ1v) is 8.50. The molecule has 118 valence electrons. The molecular formula is C15H20N4O2S. The second-order valence-corrected chi connectivity index (χ2v) is 6.57. The van der Waals surface area contributed by atoms with Crippen molar-refractivity contribution in [3.8, 4) is 0 Å². The molecule has 0 aliphatic carbocycles. The van der Waals surface area contributed by atoms with Gasteiger partial charge in [-0.3, -0.25) is 4.79 Å². The molecule has 2 aromatic rings. The third-order valence-corrected chi connectivity index (χ3v) is 4.87. The summed E-state index contributed by atoms with van der Waals surface area (Å²) >= 11 is 1.66. The predicted octanol–water partition coefficient (Wildman–Crippen LogP) is 1.77. The third kappa shape index (κ3) is 3.36. The summed E-state index contributed by atoms with van der Waals surface area (Å²) in [4.78, 5) is 15.7. The van der Waals surface area contributed by atoms with Crippen LogP contribution in [0, 0.1) is 0 Å². The van der Waals surface area contributed by atoms with E-state index in [0.29, 0.717) is 18.7 Å². The number of piperidine rings is 1. The lowest BCUT2D eigenvalue weighted by molar-refractivity contribution is 0.0568. The van der Waals surface area contributed by atoms with Crippen LogP contribution in [-0.2, 0) is 6.54 Å². The summed E-state index contributed by atoms with van der Waals surface area (Å²) in [5.41, 5.74) is 0.390. The number of aromatic nitrogens is 3. The molecule has 0 saturated carbocycles. The van der Waals surface area contributed by atoms with E-state index in [2.05, 4.69) is 10.3 Å². The van der Waals surface area contributed by atoms with E-state index in [-0.39, 0.29) is 18.6 Å². The Morgan fingerprint density at radius 1 is 1.45 bits per heavy atom. The van der Waals surface area contributed by atoms with Crippen LogP contribution < -0.4 is 0 Å². The number of hydrogen-bond acceptors (Lipinski definition) is 5. The van der Waals surface area contributed by atoms with E-state index in [0.717, 1.165) is 25.8 Å². The molecule has 1 aliphatic heterocycles. The lowest BCUT2D eigenvalue weighted by Gasteiger charge is -2.35. The molecule has 2 aromatic heterocycles. The Morgan fingerprint density at radius 3 is 3.14 bits per heavy atom. The molecule has 1 N–H and O–H groups in total. The van der Waals surface area contributed by atoms with Gasteiger partial charge in [0.1, 0.15) is 0 Å². The minimum absolute atomic E-state index is 0.0735. The SMILES string of the molecule is O=C(c1cn(Cc2cccs2)nn1)N1CCCCC1CCO. The topological polar surface area (TPSA) is 71.2 Å². The lowest BCUT2D eigenvalue weighted by Crippen LogP contribution is -2.44. The fraction of sp³-hybridized carbons (Fsp3) is 0.533. The number of nitrogens with zero attached hydrogens (tertiary/aromatic N) is 4. The van der Waals surface area contributed by atoms with Crippen molar-refractivity contribution in [2.45, 2.75) is 38.3 Å². The highest BCUT2D eigenvalue weighted by Gasteiger charge is 2.28. The highest BCUT2D eigenvalue weighted by Crippen LogP contribution is 2.21. The van der Waals surface area contributed by atoms with Gasteiger partial charge in [-0.2, -0.15) is 0 Å². The van der Waals surface area contributed by atoms with Gasteiger partial charge < -0.3 is 10.0 Å². The summed E-state index contributed by atoms with van der Waals surface area (Å²) in [7, 11) is 0. The van der Waals surface area contributed by atoms with Gasteiger partial charge in [0, 0.05) is 24.1 Å². The molecule has 0 aromatic carbocycles. The zero-order valence-electron chi connectivity index (χ0n) is 12.4. The van der Waals surface area contributed by atoms with Crippen molar-refractivity contribution in [1.29, 1.82) is 0 Å². The largest absolute Gasteiger partial charge is 0.396 e. The summed E-state index contributed by atoms with van der Waals surface area (Å²) in [6.45, 7) is 1.48. The third-order valence-electron chi connectivity index (χ3n) is 4.01. The fourth-order valence-electron chi connectivity index (χ4n) is 2.90. The number of carbonyl (C=O) groups excluding carboxylic acids is 1. The van der Waals surface area contributed by atoms with Crippen LogP contribution >= 0.6 is 11.3 Å². The van der Waals surface area contributed by atoms with Crippen molar-refractivity contribution in [3.63, 3.8) is 0 Å². The van der Waals surface area contributed by atoms with Gasteiger partial charge in [-0.1, -0.05) is 11.3 Å². The van der Waals surface area contributed by atoms with E-state index in [1.807, 2.05) is 22.4 Å². The Kier molecular flexibility index (Phi) is 4.84. The molecule has 22 heavy (non-hydrogen) atoms. The number of aliphatic hydroxyl groups excluding tert-OH is 1. The Balaban J connectivity index is 1.70. The number of carbonyl (C=O) groups is 1. The van der Waals surface area contributed by atoms with Gasteiger partial charge >= 0.3 is 0 Å². The van der Waals surface area contributed by atoms with E-state index in [1.165, 1.54) is 4.88 Å². The average molecular weight is 320 g/mol. The molecule has 1 amide bonds. The van der Waals surface area contributed by atoms with Crippen LogP contribution in [0.15, 0.2) is 23.7 Å². The molecule has 3 heterocycles. The molecule has 1 unspecified atom stereocenters. The van der Waals surface area contributed by atoms with Crippen molar-refractivity contribution < 1.29 is 9.90 Å². The van der Waals surface area contributed by atoms with Crippen molar-refractivity contribution in [3.05, 3.63) is 34.3 Å². The summed E-state index contributed by atoms with van der Waals surface area (Å²) in [5.74, 6) is -0.0735. The first-order chi connectivity index (χ1) is 10.8. The van der Waals surface area contributed by atoms with Crippen LogP contribution in [0.1, 0.15) is 41.0 Å². The molecule has 1 fully saturated rings. The maximum Gasteiger partial charge on any atom is 0.276 e.